The summed E-state index contributed by atoms with van der Waals surface area (Å²) in [5.74, 6) is -0.201. The predicted octanol–water partition coefficient (Wildman–Crippen LogP) is 1.46. The van der Waals surface area contributed by atoms with Gasteiger partial charge in [-0.25, -0.2) is 4.98 Å². The molecule has 2 heterocycles. The minimum absolute atomic E-state index is 0.201. The Kier molecular flexibility index (Phi) is 5.66. The summed E-state index contributed by atoms with van der Waals surface area (Å²) in [5, 5.41) is 5.96. The first kappa shape index (κ1) is 14.9. The van der Waals surface area contributed by atoms with E-state index in [-0.39, 0.29) is 5.91 Å². The number of ether oxygens (including phenoxy) is 1. The molecule has 0 aliphatic heterocycles. The van der Waals surface area contributed by atoms with Crippen molar-refractivity contribution >= 4 is 11.6 Å². The van der Waals surface area contributed by atoms with Crippen LogP contribution in [0.1, 0.15) is 16.1 Å². The van der Waals surface area contributed by atoms with Crippen molar-refractivity contribution in [3.05, 3.63) is 54.1 Å². The van der Waals surface area contributed by atoms with Crippen molar-refractivity contribution in [2.24, 2.45) is 0 Å². The van der Waals surface area contributed by atoms with Gasteiger partial charge in [-0.3, -0.25) is 9.78 Å². The SMILES string of the molecule is COCCNC(=O)c1ccc(NCc2ccncc2)cn1. The highest BCUT2D eigenvalue weighted by molar-refractivity contribution is 5.92. The van der Waals surface area contributed by atoms with Gasteiger partial charge in [0, 0.05) is 32.6 Å². The van der Waals surface area contributed by atoms with Crippen LogP contribution in [0.15, 0.2) is 42.9 Å². The van der Waals surface area contributed by atoms with Crippen LogP contribution in [0, 0.1) is 0 Å². The molecular formula is C15H18N4O2. The summed E-state index contributed by atoms with van der Waals surface area (Å²) in [4.78, 5) is 19.9. The van der Waals surface area contributed by atoms with Crippen molar-refractivity contribution in [1.29, 1.82) is 0 Å². The van der Waals surface area contributed by atoms with Crippen molar-refractivity contribution in [1.82, 2.24) is 15.3 Å². The molecule has 0 atom stereocenters. The average molecular weight is 286 g/mol. The van der Waals surface area contributed by atoms with E-state index in [1.54, 1.807) is 31.8 Å². The maximum absolute atomic E-state index is 11.8. The number of nitrogens with zero attached hydrogens (tertiary/aromatic N) is 2. The number of rotatable bonds is 7. The highest BCUT2D eigenvalue weighted by atomic mass is 16.5. The van der Waals surface area contributed by atoms with Crippen molar-refractivity contribution in [2.45, 2.75) is 6.54 Å². The van der Waals surface area contributed by atoms with Crippen molar-refractivity contribution < 1.29 is 9.53 Å². The van der Waals surface area contributed by atoms with Gasteiger partial charge in [0.1, 0.15) is 5.69 Å². The zero-order valence-electron chi connectivity index (χ0n) is 11.9. The lowest BCUT2D eigenvalue weighted by atomic mass is 10.2. The quantitative estimate of drug-likeness (QED) is 0.754. The third kappa shape index (κ3) is 4.85. The van der Waals surface area contributed by atoms with E-state index < -0.39 is 0 Å². The standard InChI is InChI=1S/C15H18N4O2/c1-21-9-8-17-15(20)14-3-2-13(11-19-14)18-10-12-4-6-16-7-5-12/h2-7,11,18H,8-10H2,1H3,(H,17,20). The molecule has 0 bridgehead atoms. The molecule has 2 aromatic heterocycles. The first-order valence-corrected chi connectivity index (χ1v) is 6.65. The van der Waals surface area contributed by atoms with Crippen molar-refractivity contribution in [3.63, 3.8) is 0 Å². The molecule has 0 aliphatic rings. The second kappa shape index (κ2) is 7.96. The Morgan fingerprint density at radius 2 is 2.05 bits per heavy atom. The fourth-order valence-corrected chi connectivity index (χ4v) is 1.69. The van der Waals surface area contributed by atoms with Crippen LogP contribution in [-0.2, 0) is 11.3 Å². The van der Waals surface area contributed by atoms with E-state index in [0.717, 1.165) is 11.3 Å². The van der Waals surface area contributed by atoms with E-state index >= 15 is 0 Å². The van der Waals surface area contributed by atoms with Gasteiger partial charge in [0.15, 0.2) is 0 Å². The van der Waals surface area contributed by atoms with Crippen molar-refractivity contribution in [2.75, 3.05) is 25.6 Å². The Balaban J connectivity index is 1.85. The van der Waals surface area contributed by atoms with Gasteiger partial charge in [-0.1, -0.05) is 0 Å². The molecule has 0 unspecified atom stereocenters. The largest absolute Gasteiger partial charge is 0.383 e. The summed E-state index contributed by atoms with van der Waals surface area (Å²) < 4.78 is 4.87. The molecule has 0 aliphatic carbocycles. The van der Waals surface area contributed by atoms with Crippen LogP contribution in [0.4, 0.5) is 5.69 Å². The lowest BCUT2D eigenvalue weighted by Crippen LogP contribution is -2.27. The van der Waals surface area contributed by atoms with Gasteiger partial charge in [0.05, 0.1) is 18.5 Å². The minimum atomic E-state index is -0.201. The molecule has 6 nitrogen and oxygen atoms in total. The zero-order valence-corrected chi connectivity index (χ0v) is 11.9. The van der Waals surface area contributed by atoms with Gasteiger partial charge in [0.25, 0.3) is 5.91 Å². The number of pyridine rings is 2. The molecule has 2 rings (SSSR count). The molecule has 2 N–H and O–H groups in total. The molecule has 0 aromatic carbocycles. The summed E-state index contributed by atoms with van der Waals surface area (Å²) in [6.45, 7) is 1.64. The topological polar surface area (TPSA) is 76.1 Å². The number of carbonyl (C=O) groups excluding carboxylic acids is 1. The summed E-state index contributed by atoms with van der Waals surface area (Å²) in [6.07, 6.45) is 5.15. The monoisotopic (exact) mass is 286 g/mol. The lowest BCUT2D eigenvalue weighted by molar-refractivity contribution is 0.0932. The molecule has 0 radical (unpaired) electrons. The maximum atomic E-state index is 11.8. The minimum Gasteiger partial charge on any atom is -0.383 e. The summed E-state index contributed by atoms with van der Waals surface area (Å²) >= 11 is 0. The lowest BCUT2D eigenvalue weighted by Gasteiger charge is -2.07. The first-order chi connectivity index (χ1) is 10.3. The number of methoxy groups -OCH3 is 1. The Morgan fingerprint density at radius 3 is 2.71 bits per heavy atom. The van der Waals surface area contributed by atoms with E-state index in [1.165, 1.54) is 0 Å². The molecule has 6 heteroatoms. The highest BCUT2D eigenvalue weighted by Gasteiger charge is 2.05. The predicted molar refractivity (Wildman–Crippen MR) is 80.0 cm³/mol. The maximum Gasteiger partial charge on any atom is 0.269 e. The van der Waals surface area contributed by atoms with E-state index in [1.807, 2.05) is 18.2 Å². The number of nitrogens with one attached hydrogen (secondary N) is 2. The van der Waals surface area contributed by atoms with Crippen molar-refractivity contribution in [3.8, 4) is 0 Å². The molecule has 110 valence electrons. The van der Waals surface area contributed by atoms with Crippen LogP contribution >= 0.6 is 0 Å². The van der Waals surface area contributed by atoms with Gasteiger partial charge in [-0.15, -0.1) is 0 Å². The highest BCUT2D eigenvalue weighted by Crippen LogP contribution is 2.08. The van der Waals surface area contributed by atoms with Crippen LogP contribution in [-0.4, -0.2) is 36.1 Å². The van der Waals surface area contributed by atoms with Crippen LogP contribution in [0.3, 0.4) is 0 Å². The Morgan fingerprint density at radius 1 is 1.24 bits per heavy atom. The van der Waals surface area contributed by atoms with Crippen LogP contribution in [0.5, 0.6) is 0 Å². The molecule has 21 heavy (non-hydrogen) atoms. The smallest absolute Gasteiger partial charge is 0.269 e. The summed E-state index contributed by atoms with van der Waals surface area (Å²) in [5.41, 5.74) is 2.38. The zero-order chi connectivity index (χ0) is 14.9. The number of aromatic nitrogens is 2. The van der Waals surface area contributed by atoms with Crippen LogP contribution in [0.25, 0.3) is 0 Å². The van der Waals surface area contributed by atoms with Crippen LogP contribution in [0.2, 0.25) is 0 Å². The molecule has 1 amide bonds. The third-order valence-corrected chi connectivity index (χ3v) is 2.83. The average Bonchev–Trinajstić information content (AvgIpc) is 2.54. The number of hydrogen-bond acceptors (Lipinski definition) is 5. The number of amides is 1. The Bertz CT molecular complexity index is 558. The fourth-order valence-electron chi connectivity index (χ4n) is 1.69. The summed E-state index contributed by atoms with van der Waals surface area (Å²) in [6, 6.07) is 7.41. The number of carbonyl (C=O) groups is 1. The van der Waals surface area contributed by atoms with Gasteiger partial charge >= 0.3 is 0 Å². The van der Waals surface area contributed by atoms with E-state index in [9.17, 15) is 4.79 Å². The molecular weight excluding hydrogens is 268 g/mol. The molecule has 0 saturated carbocycles. The fraction of sp³-hybridized carbons (Fsp3) is 0.267. The summed E-state index contributed by atoms with van der Waals surface area (Å²) in [7, 11) is 1.59. The third-order valence-electron chi connectivity index (χ3n) is 2.83. The van der Waals surface area contributed by atoms with E-state index in [2.05, 4.69) is 20.6 Å². The molecule has 2 aromatic rings. The van der Waals surface area contributed by atoms with E-state index in [0.29, 0.717) is 25.4 Å². The van der Waals surface area contributed by atoms with E-state index in [4.69, 9.17) is 4.74 Å². The Labute approximate surface area is 123 Å². The first-order valence-electron chi connectivity index (χ1n) is 6.65. The van der Waals surface area contributed by atoms with Crippen LogP contribution < -0.4 is 10.6 Å². The molecule has 0 spiro atoms. The second-order valence-electron chi connectivity index (χ2n) is 4.39. The van der Waals surface area contributed by atoms with Gasteiger partial charge in [-0.2, -0.15) is 0 Å². The number of anilines is 1. The Hall–Kier alpha value is -2.47. The van der Waals surface area contributed by atoms with Gasteiger partial charge in [0.2, 0.25) is 0 Å². The van der Waals surface area contributed by atoms with Gasteiger partial charge < -0.3 is 15.4 Å². The molecule has 0 saturated heterocycles. The normalized spacial score (nSPS) is 10.1. The number of hydrogen-bond donors (Lipinski definition) is 2. The molecule has 0 fully saturated rings. The van der Waals surface area contributed by atoms with Gasteiger partial charge in [-0.05, 0) is 29.8 Å². The second-order valence-corrected chi connectivity index (χ2v) is 4.39.